The topological polar surface area (TPSA) is 237 Å². The largest absolute Gasteiger partial charge is 0.472 e. The Morgan fingerprint density at radius 1 is 0.257 bits per heavy atom. The van der Waals surface area contributed by atoms with Crippen molar-refractivity contribution in [1.82, 2.24) is 0 Å². The summed E-state index contributed by atoms with van der Waals surface area (Å²) in [5, 5.41) is 10.7. The minimum Gasteiger partial charge on any atom is -0.462 e. The Labute approximate surface area is 670 Å². The van der Waals surface area contributed by atoms with Gasteiger partial charge in [0.2, 0.25) is 0 Å². The third-order valence-corrected chi connectivity index (χ3v) is 23.3. The third kappa shape index (κ3) is 82.4. The van der Waals surface area contributed by atoms with E-state index in [1.807, 2.05) is 0 Å². The number of esters is 4. The van der Waals surface area contributed by atoms with Crippen molar-refractivity contribution in [3.63, 3.8) is 0 Å². The molecule has 0 fully saturated rings. The van der Waals surface area contributed by atoms with Crippen molar-refractivity contribution in [2.24, 2.45) is 23.7 Å². The number of phosphoric ester groups is 2. The lowest BCUT2D eigenvalue weighted by atomic mass is 9.99. The van der Waals surface area contributed by atoms with Crippen molar-refractivity contribution in [3.05, 3.63) is 0 Å². The van der Waals surface area contributed by atoms with Crippen LogP contribution in [0.15, 0.2) is 0 Å². The quantitative estimate of drug-likeness (QED) is 0.0222. The van der Waals surface area contributed by atoms with E-state index in [1.165, 1.54) is 270 Å². The van der Waals surface area contributed by atoms with E-state index in [1.54, 1.807) is 0 Å². The lowest BCUT2D eigenvalue weighted by Crippen LogP contribution is -2.30. The molecule has 0 saturated carbocycles. The van der Waals surface area contributed by atoms with E-state index in [2.05, 4.69) is 55.4 Å². The van der Waals surface area contributed by atoms with E-state index in [4.69, 9.17) is 37.0 Å². The summed E-state index contributed by atoms with van der Waals surface area (Å²) in [6.07, 6.45) is 69.6. The first-order valence-electron chi connectivity index (χ1n) is 46.2. The molecular formula is C90H176O17P2. The number of ether oxygens (including phenoxy) is 4. The van der Waals surface area contributed by atoms with Crippen LogP contribution in [0.25, 0.3) is 0 Å². The fourth-order valence-electron chi connectivity index (χ4n) is 14.0. The molecule has 4 unspecified atom stereocenters. The van der Waals surface area contributed by atoms with Gasteiger partial charge in [0.15, 0.2) is 12.2 Å². The zero-order chi connectivity index (χ0) is 80.2. The van der Waals surface area contributed by atoms with Crippen LogP contribution in [0.2, 0.25) is 0 Å². The van der Waals surface area contributed by atoms with Gasteiger partial charge in [0.1, 0.15) is 19.3 Å². The number of hydrogen-bond acceptors (Lipinski definition) is 15. The Morgan fingerprint density at radius 2 is 0.440 bits per heavy atom. The monoisotopic (exact) mass is 1590 g/mol. The molecule has 3 N–H and O–H groups in total. The van der Waals surface area contributed by atoms with E-state index in [9.17, 15) is 43.2 Å². The van der Waals surface area contributed by atoms with Crippen LogP contribution in [0.4, 0.5) is 0 Å². The molecule has 0 saturated heterocycles. The summed E-state index contributed by atoms with van der Waals surface area (Å²) >= 11 is 0. The average molecular weight is 1590 g/mol. The fraction of sp³-hybridized carbons (Fsp3) is 0.956. The molecule has 0 aliphatic heterocycles. The van der Waals surface area contributed by atoms with Gasteiger partial charge < -0.3 is 33.8 Å². The molecular weight excluding hydrogens is 1410 g/mol. The van der Waals surface area contributed by atoms with E-state index < -0.39 is 97.5 Å². The molecule has 0 aliphatic carbocycles. The van der Waals surface area contributed by atoms with Gasteiger partial charge in [0.25, 0.3) is 0 Å². The van der Waals surface area contributed by atoms with Gasteiger partial charge in [-0.3, -0.25) is 37.3 Å². The number of unbranched alkanes of at least 4 members (excludes halogenated alkanes) is 52. The number of hydrogen-bond donors (Lipinski definition) is 3. The molecule has 0 bridgehead atoms. The number of phosphoric acid groups is 2. The molecule has 6 atom stereocenters. The van der Waals surface area contributed by atoms with Gasteiger partial charge in [-0.1, -0.05) is 421 Å². The Morgan fingerprint density at radius 3 is 0.651 bits per heavy atom. The molecule has 0 aromatic heterocycles. The van der Waals surface area contributed by atoms with Crippen molar-refractivity contribution in [1.29, 1.82) is 0 Å². The summed E-state index contributed by atoms with van der Waals surface area (Å²) in [5.74, 6) is 1.09. The number of aliphatic hydroxyl groups excluding tert-OH is 1. The molecule has 648 valence electrons. The summed E-state index contributed by atoms with van der Waals surface area (Å²) in [7, 11) is -9.93. The lowest BCUT2D eigenvalue weighted by Gasteiger charge is -2.21. The minimum atomic E-state index is -4.97. The van der Waals surface area contributed by atoms with Gasteiger partial charge in [-0.25, -0.2) is 9.13 Å². The Bertz CT molecular complexity index is 2110. The van der Waals surface area contributed by atoms with Crippen molar-refractivity contribution in [3.8, 4) is 0 Å². The Kier molecular flexibility index (Phi) is 77.2. The number of carbonyl (C=O) groups excluding carboxylic acids is 4. The van der Waals surface area contributed by atoms with E-state index >= 15 is 0 Å². The highest BCUT2D eigenvalue weighted by molar-refractivity contribution is 7.47. The zero-order valence-electron chi connectivity index (χ0n) is 72.2. The molecule has 17 nitrogen and oxygen atoms in total. The predicted octanol–water partition coefficient (Wildman–Crippen LogP) is 27.5. The third-order valence-electron chi connectivity index (χ3n) is 21.4. The van der Waals surface area contributed by atoms with Crippen LogP contribution < -0.4 is 0 Å². The standard InChI is InChI=1S/C90H176O17P2/c1-9-83(8)69-61-53-45-37-31-25-19-12-10-11-13-20-26-32-38-46-54-62-70-87(92)100-76-85(106-89(94)72-65-57-48-40-34-28-22-16-18-24-30-36-43-51-59-67-81(4)5)78-104-108(96,97)102-74-84(91)75-103-109(98,99)105-79-86(77-101-88(93)71-63-55-49-41-44-52-60-68-82(6)7)107-90(95)73-64-56-47-39-33-27-21-15-14-17-23-29-35-42-50-58-66-80(2)3/h80-86,91H,9-79H2,1-8H3,(H,96,97)(H,98,99)/t83?,84?,85-,86-/m1/s1. The van der Waals surface area contributed by atoms with Gasteiger partial charge in [-0.15, -0.1) is 0 Å². The van der Waals surface area contributed by atoms with Crippen molar-refractivity contribution < 1.29 is 80.2 Å². The number of aliphatic hydroxyl groups is 1. The summed E-state index contributed by atoms with van der Waals surface area (Å²) in [5.41, 5.74) is 0. The maximum atomic E-state index is 13.2. The average Bonchev–Trinajstić information content (AvgIpc) is 0.895. The maximum absolute atomic E-state index is 13.2. The molecule has 0 aromatic rings. The van der Waals surface area contributed by atoms with Crippen LogP contribution in [0.1, 0.15) is 473 Å². The summed E-state index contributed by atoms with van der Waals surface area (Å²) in [6.45, 7) is 14.4. The summed E-state index contributed by atoms with van der Waals surface area (Å²) in [6, 6.07) is 0. The van der Waals surface area contributed by atoms with Crippen LogP contribution in [0, 0.1) is 23.7 Å². The van der Waals surface area contributed by atoms with Crippen molar-refractivity contribution >= 4 is 39.5 Å². The Hall–Kier alpha value is -1.94. The van der Waals surface area contributed by atoms with Gasteiger partial charge in [0.05, 0.1) is 26.4 Å². The smallest absolute Gasteiger partial charge is 0.462 e. The second kappa shape index (κ2) is 78.6. The normalized spacial score (nSPS) is 14.1. The Balaban J connectivity index is 5.21. The molecule has 0 radical (unpaired) electrons. The number of rotatable bonds is 87. The molecule has 109 heavy (non-hydrogen) atoms. The molecule has 0 heterocycles. The highest BCUT2D eigenvalue weighted by Gasteiger charge is 2.31. The van der Waals surface area contributed by atoms with Crippen LogP contribution in [-0.4, -0.2) is 96.7 Å². The van der Waals surface area contributed by atoms with Crippen LogP contribution in [-0.2, 0) is 65.4 Å². The molecule has 0 aliphatic rings. The second-order valence-corrected chi connectivity index (χ2v) is 36.9. The first-order chi connectivity index (χ1) is 52.6. The first-order valence-corrected chi connectivity index (χ1v) is 49.2. The molecule has 0 aromatic carbocycles. The van der Waals surface area contributed by atoms with Gasteiger partial charge in [-0.05, 0) is 49.4 Å². The van der Waals surface area contributed by atoms with E-state index in [0.717, 1.165) is 114 Å². The SMILES string of the molecule is CCC(C)CCCCCCCCCCCCCCCCCCCCC(=O)OC[C@H](COP(=O)(O)OCC(O)COP(=O)(O)OC[C@@H](COC(=O)CCCCCCCCCC(C)C)OC(=O)CCCCCCCCCCCCCCCCCCC(C)C)OC(=O)CCCCCCCCCCCCCCCCCC(C)C. The highest BCUT2D eigenvalue weighted by Crippen LogP contribution is 2.45. The molecule has 0 rings (SSSR count). The van der Waals surface area contributed by atoms with E-state index in [-0.39, 0.29) is 25.7 Å². The number of carbonyl (C=O) groups is 4. The van der Waals surface area contributed by atoms with Gasteiger partial charge >= 0.3 is 39.5 Å². The summed E-state index contributed by atoms with van der Waals surface area (Å²) < 4.78 is 69.0. The predicted molar refractivity (Wildman–Crippen MR) is 451 cm³/mol. The van der Waals surface area contributed by atoms with Gasteiger partial charge in [0, 0.05) is 25.7 Å². The van der Waals surface area contributed by atoms with Crippen molar-refractivity contribution in [2.45, 2.75) is 491 Å². The maximum Gasteiger partial charge on any atom is 0.472 e. The second-order valence-electron chi connectivity index (χ2n) is 34.0. The first kappa shape index (κ1) is 107. The van der Waals surface area contributed by atoms with Crippen LogP contribution >= 0.6 is 15.6 Å². The lowest BCUT2D eigenvalue weighted by molar-refractivity contribution is -0.161. The highest BCUT2D eigenvalue weighted by atomic mass is 31.2. The summed E-state index contributed by atoms with van der Waals surface area (Å²) in [4.78, 5) is 73.3. The van der Waals surface area contributed by atoms with Crippen LogP contribution in [0.3, 0.4) is 0 Å². The fourth-order valence-corrected chi connectivity index (χ4v) is 15.6. The molecule has 0 amide bonds. The van der Waals surface area contributed by atoms with E-state index in [0.29, 0.717) is 31.6 Å². The zero-order valence-corrected chi connectivity index (χ0v) is 74.0. The molecule has 0 spiro atoms. The molecule has 19 heteroatoms. The van der Waals surface area contributed by atoms with Crippen LogP contribution in [0.5, 0.6) is 0 Å². The minimum absolute atomic E-state index is 0.107. The van der Waals surface area contributed by atoms with Crippen molar-refractivity contribution in [2.75, 3.05) is 39.6 Å². The van der Waals surface area contributed by atoms with Gasteiger partial charge in [-0.2, -0.15) is 0 Å².